The Labute approximate surface area is 227 Å². The number of benzene rings is 1. The second-order valence-corrected chi connectivity index (χ2v) is 9.12. The molecule has 0 fully saturated rings. The molecule has 0 aliphatic rings. The highest BCUT2D eigenvalue weighted by molar-refractivity contribution is 7.80. The highest BCUT2D eigenvalue weighted by Gasteiger charge is 2.31. The zero-order chi connectivity index (χ0) is 28.5. The third kappa shape index (κ3) is 8.05. The van der Waals surface area contributed by atoms with Crippen LogP contribution in [0.2, 0.25) is 0 Å². The number of carbonyl (C=O) groups excluding carboxylic acids is 3. The Bertz CT molecular complexity index is 1330. The Balaban J connectivity index is 1.86. The van der Waals surface area contributed by atoms with E-state index in [1.807, 2.05) is 18.2 Å². The summed E-state index contributed by atoms with van der Waals surface area (Å²) in [7, 11) is 0. The molecule has 0 bridgehead atoms. The third-order valence-electron chi connectivity index (χ3n) is 5.87. The Morgan fingerprint density at radius 2 is 1.56 bits per heavy atom. The summed E-state index contributed by atoms with van der Waals surface area (Å²) in [6.07, 6.45) is 3.75. The van der Waals surface area contributed by atoms with Crippen LogP contribution in [0.4, 0.5) is 0 Å². The number of para-hydroxylation sites is 1. The molecule has 208 valence electrons. The van der Waals surface area contributed by atoms with E-state index in [-0.39, 0.29) is 18.6 Å². The maximum atomic E-state index is 13.5. The number of H-pyrrole nitrogens is 2. The van der Waals surface area contributed by atoms with Crippen LogP contribution in [0.15, 0.2) is 43.0 Å². The number of aliphatic carboxylic acids is 2. The summed E-state index contributed by atoms with van der Waals surface area (Å²) in [5.74, 6) is -5.21. The number of nitrogens with zero attached hydrogens (tertiary/aromatic N) is 1. The summed E-state index contributed by atoms with van der Waals surface area (Å²) in [6.45, 7) is 0. The Hall–Kier alpha value is -4.37. The molecule has 0 saturated carbocycles. The van der Waals surface area contributed by atoms with E-state index >= 15 is 0 Å². The molecule has 0 spiro atoms. The van der Waals surface area contributed by atoms with Crippen molar-refractivity contribution in [3.05, 3.63) is 54.2 Å². The van der Waals surface area contributed by atoms with E-state index in [4.69, 9.17) is 10.8 Å². The normalized spacial score (nSPS) is 14.1. The summed E-state index contributed by atoms with van der Waals surface area (Å²) in [6, 6.07) is 2.05. The minimum atomic E-state index is -1.42. The van der Waals surface area contributed by atoms with E-state index in [1.165, 1.54) is 12.5 Å². The van der Waals surface area contributed by atoms with Gasteiger partial charge in [0.2, 0.25) is 17.7 Å². The van der Waals surface area contributed by atoms with Crippen LogP contribution in [0.3, 0.4) is 0 Å². The fourth-order valence-corrected chi connectivity index (χ4v) is 4.09. The highest BCUT2D eigenvalue weighted by Crippen LogP contribution is 2.19. The van der Waals surface area contributed by atoms with Gasteiger partial charge in [0.25, 0.3) is 0 Å². The molecule has 4 atom stereocenters. The zero-order valence-corrected chi connectivity index (χ0v) is 21.5. The van der Waals surface area contributed by atoms with E-state index < -0.39 is 60.2 Å². The molecule has 15 heteroatoms. The summed E-state index contributed by atoms with van der Waals surface area (Å²) in [5.41, 5.74) is 7.65. The van der Waals surface area contributed by atoms with Crippen LogP contribution in [-0.4, -0.2) is 84.7 Å². The molecule has 0 aliphatic carbocycles. The number of hydrogen-bond acceptors (Lipinski definition) is 8. The van der Waals surface area contributed by atoms with Gasteiger partial charge in [-0.05, 0) is 11.6 Å². The number of rotatable bonds is 14. The number of aromatic nitrogens is 3. The van der Waals surface area contributed by atoms with Crippen molar-refractivity contribution in [1.29, 1.82) is 0 Å². The van der Waals surface area contributed by atoms with Gasteiger partial charge in [0, 0.05) is 47.6 Å². The molecular weight excluding hydrogens is 530 g/mol. The lowest BCUT2D eigenvalue weighted by atomic mass is 10.0. The van der Waals surface area contributed by atoms with Gasteiger partial charge in [0.15, 0.2) is 0 Å². The average molecular weight is 560 g/mol. The lowest BCUT2D eigenvalue weighted by molar-refractivity contribution is -0.141. The van der Waals surface area contributed by atoms with Crippen molar-refractivity contribution in [3.63, 3.8) is 0 Å². The summed E-state index contributed by atoms with van der Waals surface area (Å²) in [5, 5.41) is 26.5. The third-order valence-corrected chi connectivity index (χ3v) is 6.24. The van der Waals surface area contributed by atoms with Crippen LogP contribution >= 0.6 is 12.6 Å². The molecule has 3 rings (SSSR count). The summed E-state index contributed by atoms with van der Waals surface area (Å²) < 4.78 is 0. The molecule has 1 aromatic carbocycles. The van der Waals surface area contributed by atoms with Gasteiger partial charge in [0.1, 0.15) is 18.1 Å². The van der Waals surface area contributed by atoms with Gasteiger partial charge in [-0.1, -0.05) is 18.2 Å². The molecule has 2 heterocycles. The van der Waals surface area contributed by atoms with Crippen molar-refractivity contribution in [2.24, 2.45) is 5.73 Å². The lowest BCUT2D eigenvalue weighted by Gasteiger charge is -2.24. The van der Waals surface area contributed by atoms with Gasteiger partial charge in [-0.3, -0.25) is 19.2 Å². The number of amides is 3. The molecular formula is C24H29N7O7S. The van der Waals surface area contributed by atoms with Gasteiger partial charge in [-0.25, -0.2) is 9.78 Å². The quantitative estimate of drug-likeness (QED) is 0.109. The highest BCUT2D eigenvalue weighted by atomic mass is 32.1. The molecule has 9 N–H and O–H groups in total. The van der Waals surface area contributed by atoms with E-state index in [9.17, 15) is 29.1 Å². The number of hydrogen-bond donors (Lipinski definition) is 9. The standard InChI is InChI=1S/C24H29N7O7S/c25-15(7-20(32)33)21(34)29-17(5-12-8-27-16-4-2-1-3-14(12)16)22(35)30-18(6-13-9-26-11-28-13)23(36)31-19(10-39)24(37)38/h1-4,8-9,11,15,17-19,27,39H,5-7,10,25H2,(H,26,28)(H,29,34)(H,30,35)(H,31,36)(H,32,33)(H,37,38). The van der Waals surface area contributed by atoms with Crippen LogP contribution in [0.25, 0.3) is 10.9 Å². The van der Waals surface area contributed by atoms with Crippen LogP contribution in [-0.2, 0) is 36.8 Å². The molecule has 14 nitrogen and oxygen atoms in total. The fraction of sp³-hybridized carbons (Fsp3) is 0.333. The first kappa shape index (κ1) is 29.2. The van der Waals surface area contributed by atoms with Crippen LogP contribution < -0.4 is 21.7 Å². The minimum Gasteiger partial charge on any atom is -0.481 e. The van der Waals surface area contributed by atoms with Crippen LogP contribution in [0.5, 0.6) is 0 Å². The maximum Gasteiger partial charge on any atom is 0.327 e. The first-order valence-electron chi connectivity index (χ1n) is 11.8. The molecule has 39 heavy (non-hydrogen) atoms. The van der Waals surface area contributed by atoms with Crippen molar-refractivity contribution < 1.29 is 34.2 Å². The Kier molecular flexibility index (Phi) is 10.1. The lowest BCUT2D eigenvalue weighted by Crippen LogP contribution is -2.58. The molecule has 0 aliphatic heterocycles. The van der Waals surface area contributed by atoms with Crippen molar-refractivity contribution in [3.8, 4) is 0 Å². The first-order chi connectivity index (χ1) is 18.6. The SMILES string of the molecule is NC(CC(=O)O)C(=O)NC(Cc1c[nH]c2ccccc12)C(=O)NC(Cc1cnc[nH]1)C(=O)NC(CS)C(=O)O. The largest absolute Gasteiger partial charge is 0.481 e. The minimum absolute atomic E-state index is 0.0197. The Morgan fingerprint density at radius 3 is 2.18 bits per heavy atom. The number of carboxylic acids is 2. The van der Waals surface area contributed by atoms with Gasteiger partial charge < -0.3 is 41.9 Å². The van der Waals surface area contributed by atoms with Gasteiger partial charge >= 0.3 is 11.9 Å². The van der Waals surface area contributed by atoms with Crippen molar-refractivity contribution in [2.75, 3.05) is 5.75 Å². The number of carboxylic acid groups (broad SMARTS) is 2. The summed E-state index contributed by atoms with van der Waals surface area (Å²) >= 11 is 3.95. The molecule has 3 amide bonds. The predicted octanol–water partition coefficient (Wildman–Crippen LogP) is -1.05. The zero-order valence-electron chi connectivity index (χ0n) is 20.6. The van der Waals surface area contributed by atoms with E-state index in [2.05, 4.69) is 43.5 Å². The van der Waals surface area contributed by atoms with Crippen LogP contribution in [0.1, 0.15) is 17.7 Å². The number of nitrogens with two attached hydrogens (primary N) is 1. The van der Waals surface area contributed by atoms with E-state index in [1.54, 1.807) is 12.3 Å². The predicted molar refractivity (Wildman–Crippen MR) is 142 cm³/mol. The van der Waals surface area contributed by atoms with Gasteiger partial charge in [-0.2, -0.15) is 12.6 Å². The molecule has 2 aromatic heterocycles. The number of imidazole rings is 1. The van der Waals surface area contributed by atoms with Crippen LogP contribution in [0, 0.1) is 0 Å². The van der Waals surface area contributed by atoms with Crippen molar-refractivity contribution in [1.82, 2.24) is 30.9 Å². The fourth-order valence-electron chi connectivity index (χ4n) is 3.84. The maximum absolute atomic E-state index is 13.5. The number of fused-ring (bicyclic) bond motifs is 1. The number of carbonyl (C=O) groups is 5. The average Bonchev–Trinajstić information content (AvgIpc) is 3.55. The van der Waals surface area contributed by atoms with Gasteiger partial charge in [-0.15, -0.1) is 0 Å². The number of thiol groups is 1. The second-order valence-electron chi connectivity index (χ2n) is 8.75. The molecule has 0 saturated heterocycles. The van der Waals surface area contributed by atoms with Gasteiger partial charge in [0.05, 0.1) is 18.8 Å². The topological polar surface area (TPSA) is 232 Å². The Morgan fingerprint density at radius 1 is 0.923 bits per heavy atom. The first-order valence-corrected chi connectivity index (χ1v) is 12.5. The molecule has 3 aromatic rings. The van der Waals surface area contributed by atoms with E-state index in [0.29, 0.717) is 11.3 Å². The van der Waals surface area contributed by atoms with Crippen molar-refractivity contribution >= 4 is 53.2 Å². The number of aromatic amines is 2. The number of nitrogens with one attached hydrogen (secondary N) is 5. The molecule has 4 unspecified atom stereocenters. The second kappa shape index (κ2) is 13.4. The monoisotopic (exact) mass is 559 g/mol. The smallest absolute Gasteiger partial charge is 0.327 e. The molecule has 0 radical (unpaired) electrons. The summed E-state index contributed by atoms with van der Waals surface area (Å²) in [4.78, 5) is 71.4. The van der Waals surface area contributed by atoms with E-state index in [0.717, 1.165) is 10.9 Å². The van der Waals surface area contributed by atoms with Crippen molar-refractivity contribution in [2.45, 2.75) is 43.4 Å².